The van der Waals surface area contributed by atoms with E-state index in [9.17, 15) is 9.59 Å². The average Bonchev–Trinajstić information content (AvgIpc) is 3.09. The molecular formula is C15H27N3O3. The minimum atomic E-state index is -0.877. The van der Waals surface area contributed by atoms with Crippen molar-refractivity contribution in [3.05, 3.63) is 0 Å². The number of nitrogens with zero attached hydrogens (tertiary/aromatic N) is 2. The highest BCUT2D eigenvalue weighted by atomic mass is 16.4. The van der Waals surface area contributed by atoms with Crippen LogP contribution in [0.15, 0.2) is 0 Å². The molecule has 0 aromatic heterocycles. The van der Waals surface area contributed by atoms with Crippen LogP contribution in [0.25, 0.3) is 0 Å². The van der Waals surface area contributed by atoms with Gasteiger partial charge in [0.05, 0.1) is 6.42 Å². The molecule has 0 aromatic rings. The van der Waals surface area contributed by atoms with Crippen LogP contribution in [0.2, 0.25) is 0 Å². The topological polar surface area (TPSA) is 72.9 Å². The molecule has 0 aromatic carbocycles. The van der Waals surface area contributed by atoms with Crippen LogP contribution in [0, 0.1) is 0 Å². The van der Waals surface area contributed by atoms with Gasteiger partial charge in [-0.25, -0.2) is 4.79 Å². The Morgan fingerprint density at radius 2 is 1.95 bits per heavy atom. The Bertz CT molecular complexity index is 401. The lowest BCUT2D eigenvalue weighted by Crippen LogP contribution is -2.53. The van der Waals surface area contributed by atoms with Crippen LogP contribution in [0.1, 0.15) is 46.5 Å². The van der Waals surface area contributed by atoms with Crippen molar-refractivity contribution in [1.29, 1.82) is 0 Å². The zero-order valence-corrected chi connectivity index (χ0v) is 13.3. The summed E-state index contributed by atoms with van der Waals surface area (Å²) >= 11 is 0. The quantitative estimate of drug-likeness (QED) is 0.807. The lowest BCUT2D eigenvalue weighted by atomic mass is 10.1. The van der Waals surface area contributed by atoms with Gasteiger partial charge in [0.2, 0.25) is 0 Å². The summed E-state index contributed by atoms with van der Waals surface area (Å²) in [4.78, 5) is 27.3. The summed E-state index contributed by atoms with van der Waals surface area (Å²) in [5.41, 5.74) is -0.381. The molecule has 2 fully saturated rings. The van der Waals surface area contributed by atoms with E-state index in [-0.39, 0.29) is 30.6 Å². The van der Waals surface area contributed by atoms with E-state index in [4.69, 9.17) is 5.11 Å². The van der Waals surface area contributed by atoms with Crippen molar-refractivity contribution in [3.8, 4) is 0 Å². The average molecular weight is 297 g/mol. The fourth-order valence-corrected chi connectivity index (χ4v) is 2.88. The molecule has 1 unspecified atom stereocenters. The molecule has 1 atom stereocenters. The number of urea groups is 1. The zero-order valence-electron chi connectivity index (χ0n) is 13.3. The molecule has 1 aliphatic heterocycles. The summed E-state index contributed by atoms with van der Waals surface area (Å²) in [6.07, 6.45) is 3.53. The van der Waals surface area contributed by atoms with Crippen LogP contribution in [0.3, 0.4) is 0 Å². The first-order chi connectivity index (χ1) is 9.77. The van der Waals surface area contributed by atoms with Gasteiger partial charge in [-0.3, -0.25) is 9.69 Å². The lowest BCUT2D eigenvalue weighted by Gasteiger charge is -2.36. The molecule has 2 amide bonds. The maximum atomic E-state index is 12.5. The van der Waals surface area contributed by atoms with E-state index in [2.05, 4.69) is 10.2 Å². The van der Waals surface area contributed by atoms with Gasteiger partial charge < -0.3 is 15.3 Å². The number of hydrogen-bond acceptors (Lipinski definition) is 3. The second-order valence-corrected chi connectivity index (χ2v) is 7.13. The van der Waals surface area contributed by atoms with E-state index in [1.807, 2.05) is 20.8 Å². The van der Waals surface area contributed by atoms with Gasteiger partial charge in [-0.15, -0.1) is 0 Å². The smallest absolute Gasteiger partial charge is 0.318 e. The second kappa shape index (κ2) is 6.22. The Hall–Kier alpha value is -1.30. The number of likely N-dealkylation sites (tertiary alicyclic amines) is 1. The fourth-order valence-electron chi connectivity index (χ4n) is 2.88. The van der Waals surface area contributed by atoms with Gasteiger partial charge in [0.25, 0.3) is 0 Å². The molecule has 120 valence electrons. The van der Waals surface area contributed by atoms with Gasteiger partial charge >= 0.3 is 12.0 Å². The van der Waals surface area contributed by atoms with Gasteiger partial charge in [-0.2, -0.15) is 0 Å². The molecule has 1 aliphatic carbocycles. The number of carboxylic acids is 1. The largest absolute Gasteiger partial charge is 0.481 e. The number of carboxylic acid groups (broad SMARTS) is 1. The molecule has 21 heavy (non-hydrogen) atoms. The normalized spacial score (nSPS) is 23.1. The Morgan fingerprint density at radius 3 is 2.48 bits per heavy atom. The van der Waals surface area contributed by atoms with Crippen molar-refractivity contribution in [2.24, 2.45) is 0 Å². The number of amides is 2. The predicted molar refractivity (Wildman–Crippen MR) is 80.2 cm³/mol. The molecule has 2 N–H and O–H groups in total. The third kappa shape index (κ3) is 4.59. The van der Waals surface area contributed by atoms with E-state index in [1.54, 1.807) is 4.90 Å². The Morgan fingerprint density at radius 1 is 1.29 bits per heavy atom. The van der Waals surface area contributed by atoms with Gasteiger partial charge in [-0.1, -0.05) is 0 Å². The number of aliphatic carboxylic acids is 1. The number of carbonyl (C=O) groups is 2. The fraction of sp³-hybridized carbons (Fsp3) is 0.867. The molecule has 2 rings (SSSR count). The Balaban J connectivity index is 1.87. The molecule has 6 nitrogen and oxygen atoms in total. The Labute approximate surface area is 126 Å². The predicted octanol–water partition coefficient (Wildman–Crippen LogP) is 1.51. The molecule has 1 saturated carbocycles. The second-order valence-electron chi connectivity index (χ2n) is 7.13. The van der Waals surface area contributed by atoms with Gasteiger partial charge in [-0.05, 0) is 40.0 Å². The third-order valence-corrected chi connectivity index (χ3v) is 4.21. The molecule has 0 bridgehead atoms. The summed E-state index contributed by atoms with van der Waals surface area (Å²) < 4.78 is 0. The monoisotopic (exact) mass is 297 g/mol. The molecule has 0 radical (unpaired) electrons. The number of hydrogen-bond donors (Lipinski definition) is 2. The summed E-state index contributed by atoms with van der Waals surface area (Å²) in [7, 11) is 0. The van der Waals surface area contributed by atoms with Crippen LogP contribution in [0.4, 0.5) is 4.79 Å². The maximum Gasteiger partial charge on any atom is 0.318 e. The lowest BCUT2D eigenvalue weighted by molar-refractivity contribution is -0.137. The van der Waals surface area contributed by atoms with Crippen molar-refractivity contribution < 1.29 is 14.7 Å². The molecule has 6 heteroatoms. The number of carbonyl (C=O) groups excluding carboxylic acids is 1. The van der Waals surface area contributed by atoms with E-state index in [0.29, 0.717) is 0 Å². The molecular weight excluding hydrogens is 270 g/mol. The summed E-state index contributed by atoms with van der Waals surface area (Å²) in [5.74, 6) is -0.877. The zero-order chi connectivity index (χ0) is 15.6. The summed E-state index contributed by atoms with van der Waals surface area (Å²) in [5, 5.41) is 11.9. The highest BCUT2D eigenvalue weighted by molar-refractivity contribution is 5.76. The molecule has 1 heterocycles. The van der Waals surface area contributed by atoms with Crippen molar-refractivity contribution >= 4 is 12.0 Å². The molecule has 2 aliphatic rings. The van der Waals surface area contributed by atoms with Crippen molar-refractivity contribution in [2.45, 2.75) is 64.1 Å². The highest BCUT2D eigenvalue weighted by Gasteiger charge is 2.36. The number of nitrogens with one attached hydrogen (secondary N) is 1. The first-order valence-electron chi connectivity index (χ1n) is 7.81. The van der Waals surface area contributed by atoms with Crippen LogP contribution >= 0.6 is 0 Å². The first-order valence-corrected chi connectivity index (χ1v) is 7.81. The number of rotatable bonds is 5. The highest BCUT2D eigenvalue weighted by Crippen LogP contribution is 2.29. The standard InChI is InChI=1S/C15H27N3O3/c1-15(2,3)18(9-7-13(19)20)14(21)16-11-6-8-17(10-11)12-4-5-12/h11-12H,4-10H2,1-3H3,(H,16,21)(H,19,20). The minimum absolute atomic E-state index is 0.0243. The van der Waals surface area contributed by atoms with Crippen LogP contribution < -0.4 is 5.32 Å². The van der Waals surface area contributed by atoms with Crippen LogP contribution in [0.5, 0.6) is 0 Å². The van der Waals surface area contributed by atoms with Crippen molar-refractivity contribution in [3.63, 3.8) is 0 Å². The third-order valence-electron chi connectivity index (χ3n) is 4.21. The van der Waals surface area contributed by atoms with E-state index < -0.39 is 5.97 Å². The minimum Gasteiger partial charge on any atom is -0.481 e. The maximum absolute atomic E-state index is 12.5. The first kappa shape index (κ1) is 16.1. The van der Waals surface area contributed by atoms with Crippen LogP contribution in [-0.2, 0) is 4.79 Å². The molecule has 0 spiro atoms. The van der Waals surface area contributed by atoms with Crippen LogP contribution in [-0.4, -0.2) is 64.2 Å². The van der Waals surface area contributed by atoms with E-state index in [0.717, 1.165) is 25.6 Å². The van der Waals surface area contributed by atoms with Gasteiger partial charge in [0.1, 0.15) is 0 Å². The van der Waals surface area contributed by atoms with Crippen molar-refractivity contribution in [1.82, 2.24) is 15.1 Å². The van der Waals surface area contributed by atoms with Gasteiger partial charge in [0, 0.05) is 37.3 Å². The van der Waals surface area contributed by atoms with E-state index >= 15 is 0 Å². The van der Waals surface area contributed by atoms with Crippen molar-refractivity contribution in [2.75, 3.05) is 19.6 Å². The summed E-state index contributed by atoms with van der Waals surface area (Å²) in [6.45, 7) is 8.01. The van der Waals surface area contributed by atoms with Gasteiger partial charge in [0.15, 0.2) is 0 Å². The summed E-state index contributed by atoms with van der Waals surface area (Å²) in [6, 6.07) is 0.775. The SMILES string of the molecule is CC(C)(C)N(CCC(=O)O)C(=O)NC1CCN(C2CC2)C1. The van der Waals surface area contributed by atoms with E-state index in [1.165, 1.54) is 12.8 Å². The molecule has 1 saturated heterocycles. The Kier molecular flexibility index (Phi) is 4.76.